The Balaban J connectivity index is 1.75. The van der Waals surface area contributed by atoms with Crippen LogP contribution in [0, 0.1) is 0 Å². The van der Waals surface area contributed by atoms with Crippen LogP contribution in [0.1, 0.15) is 29.2 Å². The number of nitrogens with one attached hydrogen (secondary N) is 1. The van der Waals surface area contributed by atoms with Crippen LogP contribution in [0.25, 0.3) is 11.3 Å². The van der Waals surface area contributed by atoms with Gasteiger partial charge in [-0.05, 0) is 39.0 Å². The summed E-state index contributed by atoms with van der Waals surface area (Å²) in [6.07, 6.45) is 6.86. The fourth-order valence-electron chi connectivity index (χ4n) is 3.68. The predicted octanol–water partition coefficient (Wildman–Crippen LogP) is 3.65. The molecule has 0 saturated carbocycles. The van der Waals surface area contributed by atoms with Gasteiger partial charge in [0.1, 0.15) is 0 Å². The molecule has 3 aromatic rings. The minimum Gasteiger partial charge on any atom is -0.478 e. The number of aromatic carboxylic acids is 1. The average Bonchev–Trinajstić information content (AvgIpc) is 3.13. The molecule has 0 unspecified atom stereocenters. The summed E-state index contributed by atoms with van der Waals surface area (Å²) >= 11 is 0. The molecule has 0 aliphatic carbocycles. The Hall–Kier alpha value is -3.19. The van der Waals surface area contributed by atoms with Crippen molar-refractivity contribution in [2.45, 2.75) is 18.9 Å². The standard InChI is InChI=1S/C21H23N5O2/c1-25-11-8-16(9-12-25)26-20(15-5-3-2-4-6-15)19(14-23-26)24-18-13-22-10-7-17(18)21(27)28/h2-7,10,13-14,16,24H,8-9,11-12H2,1H3,(H,27,28). The number of carboxylic acid groups (broad SMARTS) is 1. The first-order valence-corrected chi connectivity index (χ1v) is 9.39. The molecule has 0 bridgehead atoms. The van der Waals surface area contributed by atoms with Gasteiger partial charge in [0, 0.05) is 11.8 Å². The first-order valence-electron chi connectivity index (χ1n) is 9.39. The molecule has 2 N–H and O–H groups in total. The smallest absolute Gasteiger partial charge is 0.337 e. The lowest BCUT2D eigenvalue weighted by molar-refractivity contribution is 0.0698. The van der Waals surface area contributed by atoms with Gasteiger partial charge < -0.3 is 15.3 Å². The quantitative estimate of drug-likeness (QED) is 0.706. The molecule has 4 rings (SSSR count). The van der Waals surface area contributed by atoms with Crippen molar-refractivity contribution in [3.63, 3.8) is 0 Å². The van der Waals surface area contributed by atoms with E-state index in [4.69, 9.17) is 0 Å². The lowest BCUT2D eigenvalue weighted by atomic mass is 10.0. The number of hydrogen-bond acceptors (Lipinski definition) is 5. The van der Waals surface area contributed by atoms with Crippen LogP contribution in [-0.2, 0) is 0 Å². The molecule has 0 radical (unpaired) electrons. The van der Waals surface area contributed by atoms with E-state index >= 15 is 0 Å². The zero-order valence-corrected chi connectivity index (χ0v) is 15.7. The van der Waals surface area contributed by atoms with Gasteiger partial charge in [-0.1, -0.05) is 30.3 Å². The van der Waals surface area contributed by atoms with Crippen molar-refractivity contribution in [2.24, 2.45) is 0 Å². The monoisotopic (exact) mass is 377 g/mol. The Morgan fingerprint density at radius 2 is 1.86 bits per heavy atom. The minimum atomic E-state index is -0.992. The summed E-state index contributed by atoms with van der Waals surface area (Å²) in [5.41, 5.74) is 3.43. The summed E-state index contributed by atoms with van der Waals surface area (Å²) in [5.74, 6) is -0.992. The Kier molecular flexibility index (Phi) is 5.08. The fraction of sp³-hybridized carbons (Fsp3) is 0.286. The molecule has 144 valence electrons. The zero-order valence-electron chi connectivity index (χ0n) is 15.7. The van der Waals surface area contributed by atoms with Crippen molar-refractivity contribution in [3.8, 4) is 11.3 Å². The number of benzene rings is 1. The highest BCUT2D eigenvalue weighted by molar-refractivity contribution is 5.95. The van der Waals surface area contributed by atoms with Gasteiger partial charge >= 0.3 is 5.97 Å². The molecule has 3 heterocycles. The second kappa shape index (κ2) is 7.82. The molecule has 1 saturated heterocycles. The third-order valence-electron chi connectivity index (χ3n) is 5.20. The largest absolute Gasteiger partial charge is 0.478 e. The number of likely N-dealkylation sites (tertiary alicyclic amines) is 1. The van der Waals surface area contributed by atoms with Gasteiger partial charge in [0.25, 0.3) is 0 Å². The van der Waals surface area contributed by atoms with Gasteiger partial charge in [-0.25, -0.2) is 4.79 Å². The number of anilines is 2. The highest BCUT2D eigenvalue weighted by Gasteiger charge is 2.24. The Morgan fingerprint density at radius 3 is 2.57 bits per heavy atom. The minimum absolute atomic E-state index is 0.182. The van der Waals surface area contributed by atoms with Crippen LogP contribution < -0.4 is 5.32 Å². The Labute approximate surface area is 163 Å². The molecule has 1 fully saturated rings. The van der Waals surface area contributed by atoms with Crippen molar-refractivity contribution in [3.05, 3.63) is 60.6 Å². The van der Waals surface area contributed by atoms with E-state index < -0.39 is 5.97 Å². The van der Waals surface area contributed by atoms with Gasteiger partial charge in [-0.3, -0.25) is 9.67 Å². The maximum atomic E-state index is 11.6. The third kappa shape index (κ3) is 3.61. The molecule has 7 nitrogen and oxygen atoms in total. The molecule has 1 aromatic carbocycles. The molecule has 0 amide bonds. The number of hydrogen-bond donors (Lipinski definition) is 2. The van der Waals surface area contributed by atoms with Crippen molar-refractivity contribution in [1.29, 1.82) is 0 Å². The van der Waals surface area contributed by atoms with E-state index in [1.807, 2.05) is 18.2 Å². The number of carbonyl (C=O) groups is 1. The van der Waals surface area contributed by atoms with E-state index in [0.29, 0.717) is 11.7 Å². The SMILES string of the molecule is CN1CCC(n2ncc(Nc3cnccc3C(=O)O)c2-c2ccccc2)CC1. The second-order valence-electron chi connectivity index (χ2n) is 7.10. The first kappa shape index (κ1) is 18.2. The molecular weight excluding hydrogens is 354 g/mol. The average molecular weight is 377 g/mol. The number of rotatable bonds is 5. The highest BCUT2D eigenvalue weighted by atomic mass is 16.4. The molecule has 2 aromatic heterocycles. The summed E-state index contributed by atoms with van der Waals surface area (Å²) in [5, 5.41) is 17.4. The fourth-order valence-corrected chi connectivity index (χ4v) is 3.68. The molecular formula is C21H23N5O2. The van der Waals surface area contributed by atoms with Crippen LogP contribution in [0.4, 0.5) is 11.4 Å². The van der Waals surface area contributed by atoms with Crippen molar-refractivity contribution >= 4 is 17.3 Å². The molecule has 0 atom stereocenters. The van der Waals surface area contributed by atoms with Gasteiger partial charge in [0.15, 0.2) is 0 Å². The van der Waals surface area contributed by atoms with Crippen LogP contribution in [0.3, 0.4) is 0 Å². The van der Waals surface area contributed by atoms with Crippen LogP contribution in [0.5, 0.6) is 0 Å². The van der Waals surface area contributed by atoms with Crippen molar-refractivity contribution in [2.75, 3.05) is 25.5 Å². The predicted molar refractivity (Wildman–Crippen MR) is 108 cm³/mol. The number of nitrogens with zero attached hydrogens (tertiary/aromatic N) is 4. The van der Waals surface area contributed by atoms with Crippen molar-refractivity contribution < 1.29 is 9.90 Å². The normalized spacial score (nSPS) is 15.5. The number of carboxylic acids is 1. The molecule has 1 aliphatic heterocycles. The number of piperidine rings is 1. The van der Waals surface area contributed by atoms with E-state index in [2.05, 4.69) is 44.2 Å². The maximum Gasteiger partial charge on any atom is 0.337 e. The van der Waals surface area contributed by atoms with E-state index in [-0.39, 0.29) is 5.56 Å². The van der Waals surface area contributed by atoms with Crippen LogP contribution >= 0.6 is 0 Å². The maximum absolute atomic E-state index is 11.6. The molecule has 1 aliphatic rings. The zero-order chi connectivity index (χ0) is 19.5. The summed E-state index contributed by atoms with van der Waals surface area (Å²) in [6, 6.07) is 11.9. The summed E-state index contributed by atoms with van der Waals surface area (Å²) in [4.78, 5) is 18.0. The first-order chi connectivity index (χ1) is 13.6. The molecule has 0 spiro atoms. The summed E-state index contributed by atoms with van der Waals surface area (Å²) in [7, 11) is 2.14. The van der Waals surface area contributed by atoms with E-state index in [9.17, 15) is 9.90 Å². The Bertz CT molecular complexity index is 962. The topological polar surface area (TPSA) is 83.3 Å². The number of aromatic nitrogens is 3. The van der Waals surface area contributed by atoms with Gasteiger partial charge in [0.05, 0.1) is 41.1 Å². The lowest BCUT2D eigenvalue weighted by Gasteiger charge is -2.30. The molecule has 28 heavy (non-hydrogen) atoms. The third-order valence-corrected chi connectivity index (χ3v) is 5.20. The second-order valence-corrected chi connectivity index (χ2v) is 7.10. The van der Waals surface area contributed by atoms with Crippen molar-refractivity contribution in [1.82, 2.24) is 19.7 Å². The van der Waals surface area contributed by atoms with Crippen LogP contribution in [0.15, 0.2) is 55.0 Å². The number of pyridine rings is 1. The highest BCUT2D eigenvalue weighted by Crippen LogP contribution is 2.35. The Morgan fingerprint density at radius 1 is 1.11 bits per heavy atom. The summed E-state index contributed by atoms with van der Waals surface area (Å²) in [6.45, 7) is 2.07. The van der Waals surface area contributed by atoms with Crippen LogP contribution in [0.2, 0.25) is 0 Å². The molecule has 7 heteroatoms. The van der Waals surface area contributed by atoms with E-state index in [1.54, 1.807) is 6.20 Å². The van der Waals surface area contributed by atoms with E-state index in [0.717, 1.165) is 42.9 Å². The van der Waals surface area contributed by atoms with Gasteiger partial charge in [-0.15, -0.1) is 0 Å². The lowest BCUT2D eigenvalue weighted by Crippen LogP contribution is -2.32. The van der Waals surface area contributed by atoms with Gasteiger partial charge in [0.2, 0.25) is 0 Å². The van der Waals surface area contributed by atoms with E-state index in [1.165, 1.54) is 18.5 Å². The summed E-state index contributed by atoms with van der Waals surface area (Å²) < 4.78 is 2.08. The van der Waals surface area contributed by atoms with Crippen LogP contribution in [-0.4, -0.2) is 50.9 Å². The van der Waals surface area contributed by atoms with Gasteiger partial charge in [-0.2, -0.15) is 5.10 Å².